The van der Waals surface area contributed by atoms with Gasteiger partial charge in [0.25, 0.3) is 0 Å². The number of benzene rings is 2. The van der Waals surface area contributed by atoms with Crippen LogP contribution in [-0.2, 0) is 0 Å². The fraction of sp³-hybridized carbons (Fsp3) is 0. The van der Waals surface area contributed by atoms with Crippen molar-refractivity contribution in [1.29, 1.82) is 0 Å². The topological polar surface area (TPSA) is 25.8 Å². The summed E-state index contributed by atoms with van der Waals surface area (Å²) in [5.74, 6) is -0.428. The van der Waals surface area contributed by atoms with E-state index in [2.05, 4.69) is 26.1 Å². The lowest BCUT2D eigenvalue weighted by atomic mass is 10.0. The van der Waals surface area contributed by atoms with E-state index in [-0.39, 0.29) is 5.15 Å². The van der Waals surface area contributed by atoms with Crippen molar-refractivity contribution in [2.24, 2.45) is 0 Å². The number of rotatable bonds is 1. The van der Waals surface area contributed by atoms with Gasteiger partial charge in [-0.15, -0.1) is 10.2 Å². The summed E-state index contributed by atoms with van der Waals surface area (Å²) in [6.07, 6.45) is 0. The van der Waals surface area contributed by atoms with Crippen molar-refractivity contribution in [2.45, 2.75) is 0 Å². The molecule has 100 valence electrons. The maximum atomic E-state index is 14.2. The van der Waals surface area contributed by atoms with Crippen molar-refractivity contribution in [2.75, 3.05) is 0 Å². The van der Waals surface area contributed by atoms with E-state index in [9.17, 15) is 4.39 Å². The summed E-state index contributed by atoms with van der Waals surface area (Å²) >= 11 is 15.2. The van der Waals surface area contributed by atoms with E-state index in [0.29, 0.717) is 20.8 Å². The fourth-order valence-corrected chi connectivity index (χ4v) is 2.66. The summed E-state index contributed by atoms with van der Waals surface area (Å²) in [4.78, 5) is 0. The average Bonchev–Trinajstić information content (AvgIpc) is 2.44. The van der Waals surface area contributed by atoms with Crippen LogP contribution in [0.5, 0.6) is 0 Å². The van der Waals surface area contributed by atoms with Crippen LogP contribution in [0.4, 0.5) is 4.39 Å². The Balaban J connectivity index is 2.36. The molecule has 0 spiro atoms. The Morgan fingerprint density at radius 1 is 1.00 bits per heavy atom. The molecule has 0 aliphatic carbocycles. The Hall–Kier alpha value is -1.23. The van der Waals surface area contributed by atoms with Gasteiger partial charge in [-0.05, 0) is 28.1 Å². The first-order valence-corrected chi connectivity index (χ1v) is 7.18. The summed E-state index contributed by atoms with van der Waals surface area (Å²) in [5, 5.41) is 10.0. The van der Waals surface area contributed by atoms with E-state index in [1.54, 1.807) is 0 Å². The molecule has 0 saturated heterocycles. The molecule has 0 aliphatic rings. The maximum absolute atomic E-state index is 14.2. The predicted octanol–water partition coefficient (Wildman–Crippen LogP) is 5.51. The van der Waals surface area contributed by atoms with E-state index in [0.717, 1.165) is 10.8 Å². The first-order valence-electron chi connectivity index (χ1n) is 5.64. The highest BCUT2D eigenvalue weighted by Crippen LogP contribution is 2.34. The van der Waals surface area contributed by atoms with E-state index < -0.39 is 5.82 Å². The van der Waals surface area contributed by atoms with Crippen LogP contribution in [0.25, 0.3) is 22.0 Å². The molecule has 2 aromatic carbocycles. The van der Waals surface area contributed by atoms with Gasteiger partial charge in [-0.1, -0.05) is 47.5 Å². The Kier molecular flexibility index (Phi) is 3.63. The zero-order valence-corrected chi connectivity index (χ0v) is 13.0. The molecular formula is C14H6BrCl2FN2. The summed E-state index contributed by atoms with van der Waals surface area (Å²) in [6.45, 7) is 0. The van der Waals surface area contributed by atoms with Gasteiger partial charge in [-0.2, -0.15) is 0 Å². The van der Waals surface area contributed by atoms with Crippen molar-refractivity contribution in [3.8, 4) is 11.3 Å². The van der Waals surface area contributed by atoms with E-state index >= 15 is 0 Å². The molecule has 6 heteroatoms. The van der Waals surface area contributed by atoms with E-state index in [1.807, 2.05) is 24.3 Å². The molecule has 1 heterocycles. The van der Waals surface area contributed by atoms with Gasteiger partial charge < -0.3 is 0 Å². The van der Waals surface area contributed by atoms with E-state index in [4.69, 9.17) is 23.2 Å². The predicted molar refractivity (Wildman–Crippen MR) is 82.7 cm³/mol. The van der Waals surface area contributed by atoms with Gasteiger partial charge in [0.1, 0.15) is 11.5 Å². The molecule has 3 rings (SSSR count). The van der Waals surface area contributed by atoms with Crippen molar-refractivity contribution in [1.82, 2.24) is 10.2 Å². The zero-order valence-electron chi connectivity index (χ0n) is 9.87. The minimum atomic E-state index is -0.428. The van der Waals surface area contributed by atoms with Crippen LogP contribution < -0.4 is 0 Å². The summed E-state index contributed by atoms with van der Waals surface area (Å²) in [6, 6.07) is 10.1. The van der Waals surface area contributed by atoms with Gasteiger partial charge in [-0.3, -0.25) is 0 Å². The first-order chi connectivity index (χ1) is 9.58. The SMILES string of the molecule is Fc1cc(Br)c(Cl)cc1-c1nnc(Cl)c2ccccc12. The second kappa shape index (κ2) is 5.28. The molecule has 0 radical (unpaired) electrons. The molecule has 0 saturated carbocycles. The summed E-state index contributed by atoms with van der Waals surface area (Å²) in [7, 11) is 0. The second-order valence-corrected chi connectivity index (χ2v) is 5.75. The lowest BCUT2D eigenvalue weighted by Crippen LogP contribution is -1.94. The van der Waals surface area contributed by atoms with Gasteiger partial charge in [-0.25, -0.2) is 4.39 Å². The zero-order chi connectivity index (χ0) is 14.3. The van der Waals surface area contributed by atoms with Gasteiger partial charge in [0.2, 0.25) is 0 Å². The smallest absolute Gasteiger partial charge is 0.159 e. The Labute approximate surface area is 132 Å². The van der Waals surface area contributed by atoms with Gasteiger partial charge in [0.15, 0.2) is 5.15 Å². The molecule has 0 fully saturated rings. The molecular weight excluding hydrogens is 366 g/mol. The normalized spacial score (nSPS) is 11.0. The minimum Gasteiger partial charge on any atom is -0.206 e. The van der Waals surface area contributed by atoms with Crippen LogP contribution in [0.3, 0.4) is 0 Å². The third kappa shape index (κ3) is 2.28. The molecule has 3 aromatic rings. The molecule has 0 atom stereocenters. The maximum Gasteiger partial charge on any atom is 0.159 e. The van der Waals surface area contributed by atoms with E-state index in [1.165, 1.54) is 12.1 Å². The quantitative estimate of drug-likeness (QED) is 0.527. The van der Waals surface area contributed by atoms with Crippen LogP contribution in [0.2, 0.25) is 10.2 Å². The largest absolute Gasteiger partial charge is 0.206 e. The number of halogens is 4. The fourth-order valence-electron chi connectivity index (χ4n) is 1.97. The highest BCUT2D eigenvalue weighted by atomic mass is 79.9. The Morgan fingerprint density at radius 3 is 2.45 bits per heavy atom. The lowest BCUT2D eigenvalue weighted by molar-refractivity contribution is 0.629. The third-order valence-electron chi connectivity index (χ3n) is 2.91. The minimum absolute atomic E-state index is 0.285. The molecule has 0 bridgehead atoms. The molecule has 20 heavy (non-hydrogen) atoms. The number of fused-ring (bicyclic) bond motifs is 1. The monoisotopic (exact) mass is 370 g/mol. The van der Waals surface area contributed by atoms with Crippen LogP contribution >= 0.6 is 39.1 Å². The van der Waals surface area contributed by atoms with Crippen molar-refractivity contribution >= 4 is 49.9 Å². The molecule has 0 unspecified atom stereocenters. The van der Waals surface area contributed by atoms with Gasteiger partial charge >= 0.3 is 0 Å². The second-order valence-electron chi connectivity index (χ2n) is 4.13. The van der Waals surface area contributed by atoms with Gasteiger partial charge in [0.05, 0.1) is 5.02 Å². The molecule has 2 nitrogen and oxygen atoms in total. The first kappa shape index (κ1) is 13.7. The summed E-state index contributed by atoms with van der Waals surface area (Å²) < 4.78 is 14.6. The van der Waals surface area contributed by atoms with Crippen molar-refractivity contribution in [3.63, 3.8) is 0 Å². The van der Waals surface area contributed by atoms with Crippen molar-refractivity contribution in [3.05, 3.63) is 56.9 Å². The van der Waals surface area contributed by atoms with Crippen molar-refractivity contribution < 1.29 is 4.39 Å². The molecule has 0 aliphatic heterocycles. The third-order valence-corrected chi connectivity index (χ3v) is 4.38. The number of hydrogen-bond donors (Lipinski definition) is 0. The Morgan fingerprint density at radius 2 is 1.70 bits per heavy atom. The van der Waals surface area contributed by atoms with Crippen LogP contribution in [0.15, 0.2) is 40.9 Å². The highest BCUT2D eigenvalue weighted by Gasteiger charge is 2.15. The summed E-state index contributed by atoms with van der Waals surface area (Å²) in [5.41, 5.74) is 0.704. The molecule has 0 amide bonds. The van der Waals surface area contributed by atoms with Gasteiger partial charge in [0, 0.05) is 20.8 Å². The number of hydrogen-bond acceptors (Lipinski definition) is 2. The van der Waals surface area contributed by atoms with Crippen LogP contribution in [-0.4, -0.2) is 10.2 Å². The van der Waals surface area contributed by atoms with Crippen LogP contribution in [0, 0.1) is 5.82 Å². The lowest BCUT2D eigenvalue weighted by Gasteiger charge is -2.08. The highest BCUT2D eigenvalue weighted by molar-refractivity contribution is 9.10. The molecule has 1 aromatic heterocycles. The number of aromatic nitrogens is 2. The van der Waals surface area contributed by atoms with Crippen LogP contribution in [0.1, 0.15) is 0 Å². The molecule has 0 N–H and O–H groups in total. The number of nitrogens with zero attached hydrogens (tertiary/aromatic N) is 2. The Bertz CT molecular complexity index is 824. The standard InChI is InChI=1S/C14H6BrCl2FN2/c15-10-6-12(18)9(5-11(10)16)13-7-3-1-2-4-8(7)14(17)20-19-13/h1-6H. The average molecular weight is 372 g/mol.